The molecule has 0 saturated heterocycles. The van der Waals surface area contributed by atoms with Crippen LogP contribution in [0.2, 0.25) is 0 Å². The summed E-state index contributed by atoms with van der Waals surface area (Å²) in [6.45, 7) is 0.270. The standard InChI is InChI=1S/C12H12Cl2O2/c13-6-9(14)7-16-10-2-3-11-8(5-10)1-4-12(11)15/h2-3,5-6,12,15H,1,4,7H2/b9-6-. The molecule has 0 amide bonds. The second kappa shape index (κ2) is 5.09. The molecular formula is C12H12Cl2O2. The molecule has 1 aromatic rings. The van der Waals surface area contributed by atoms with Crippen LogP contribution >= 0.6 is 23.2 Å². The lowest BCUT2D eigenvalue weighted by Gasteiger charge is -2.08. The fourth-order valence-corrected chi connectivity index (χ4v) is 1.96. The Hall–Kier alpha value is -0.700. The summed E-state index contributed by atoms with van der Waals surface area (Å²) in [6.07, 6.45) is 1.36. The van der Waals surface area contributed by atoms with Gasteiger partial charge in [-0.15, -0.1) is 0 Å². The van der Waals surface area contributed by atoms with Crippen molar-refractivity contribution >= 4 is 23.2 Å². The number of aliphatic hydroxyl groups excluding tert-OH is 1. The summed E-state index contributed by atoms with van der Waals surface area (Å²) < 4.78 is 5.45. The van der Waals surface area contributed by atoms with Gasteiger partial charge in [0.1, 0.15) is 12.4 Å². The van der Waals surface area contributed by atoms with Gasteiger partial charge in [0, 0.05) is 5.54 Å². The number of benzene rings is 1. The van der Waals surface area contributed by atoms with E-state index in [0.29, 0.717) is 5.03 Å². The van der Waals surface area contributed by atoms with Crippen molar-refractivity contribution in [1.29, 1.82) is 0 Å². The maximum absolute atomic E-state index is 9.64. The monoisotopic (exact) mass is 258 g/mol. The minimum Gasteiger partial charge on any atom is -0.488 e. The summed E-state index contributed by atoms with van der Waals surface area (Å²) in [5, 5.41) is 10.1. The minimum absolute atomic E-state index is 0.270. The SMILES string of the molecule is OC1CCc2cc(OC/C(Cl)=C/Cl)ccc21. The third kappa shape index (κ3) is 2.51. The topological polar surface area (TPSA) is 29.5 Å². The van der Waals surface area contributed by atoms with E-state index in [-0.39, 0.29) is 12.7 Å². The van der Waals surface area contributed by atoms with E-state index in [1.807, 2.05) is 18.2 Å². The van der Waals surface area contributed by atoms with E-state index in [1.54, 1.807) is 0 Å². The Morgan fingerprint density at radius 3 is 3.12 bits per heavy atom. The Kier molecular flexibility index (Phi) is 3.74. The molecule has 1 aliphatic carbocycles. The molecule has 0 saturated carbocycles. The van der Waals surface area contributed by atoms with E-state index in [1.165, 1.54) is 5.54 Å². The fraction of sp³-hybridized carbons (Fsp3) is 0.333. The van der Waals surface area contributed by atoms with Crippen LogP contribution in [-0.2, 0) is 6.42 Å². The summed E-state index contributed by atoms with van der Waals surface area (Å²) in [5.74, 6) is 0.754. The van der Waals surface area contributed by atoms with E-state index >= 15 is 0 Å². The molecule has 2 rings (SSSR count). The van der Waals surface area contributed by atoms with E-state index in [9.17, 15) is 5.11 Å². The van der Waals surface area contributed by atoms with Crippen LogP contribution in [-0.4, -0.2) is 11.7 Å². The molecule has 1 unspecified atom stereocenters. The molecule has 1 aromatic carbocycles. The van der Waals surface area contributed by atoms with Crippen molar-refractivity contribution < 1.29 is 9.84 Å². The average molecular weight is 259 g/mol. The van der Waals surface area contributed by atoms with Crippen LogP contribution in [0.4, 0.5) is 0 Å². The highest BCUT2D eigenvalue weighted by Gasteiger charge is 2.20. The van der Waals surface area contributed by atoms with Crippen LogP contribution in [0.1, 0.15) is 23.7 Å². The highest BCUT2D eigenvalue weighted by molar-refractivity contribution is 6.36. The van der Waals surface area contributed by atoms with Gasteiger partial charge in [-0.1, -0.05) is 29.3 Å². The lowest BCUT2D eigenvalue weighted by Crippen LogP contribution is -1.98. The fourth-order valence-electron chi connectivity index (χ4n) is 1.84. The van der Waals surface area contributed by atoms with Crippen LogP contribution in [0.3, 0.4) is 0 Å². The molecule has 16 heavy (non-hydrogen) atoms. The molecular weight excluding hydrogens is 247 g/mol. The van der Waals surface area contributed by atoms with Crippen LogP contribution in [0, 0.1) is 0 Å². The first-order valence-corrected chi connectivity index (χ1v) is 5.90. The van der Waals surface area contributed by atoms with Crippen molar-refractivity contribution in [1.82, 2.24) is 0 Å². The van der Waals surface area contributed by atoms with Gasteiger partial charge in [-0.05, 0) is 36.1 Å². The molecule has 4 heteroatoms. The molecule has 0 aromatic heterocycles. The quantitative estimate of drug-likeness (QED) is 0.901. The normalized spacial score (nSPS) is 19.7. The first-order chi connectivity index (χ1) is 7.70. The molecule has 1 N–H and O–H groups in total. The van der Waals surface area contributed by atoms with E-state index in [2.05, 4.69) is 0 Å². The average Bonchev–Trinajstić information content (AvgIpc) is 2.67. The number of aryl methyl sites for hydroxylation is 1. The summed E-state index contributed by atoms with van der Waals surface area (Å²) in [4.78, 5) is 0. The Morgan fingerprint density at radius 1 is 1.56 bits per heavy atom. The van der Waals surface area contributed by atoms with Crippen molar-refractivity contribution in [3.05, 3.63) is 39.9 Å². The minimum atomic E-state index is -0.324. The lowest BCUT2D eigenvalue weighted by atomic mass is 10.1. The number of halogens is 2. The van der Waals surface area contributed by atoms with E-state index in [0.717, 1.165) is 29.7 Å². The Morgan fingerprint density at radius 2 is 2.38 bits per heavy atom. The number of fused-ring (bicyclic) bond motifs is 1. The smallest absolute Gasteiger partial charge is 0.125 e. The summed E-state index contributed by atoms with van der Waals surface area (Å²) in [6, 6.07) is 5.69. The van der Waals surface area contributed by atoms with Crippen molar-refractivity contribution in [2.24, 2.45) is 0 Å². The van der Waals surface area contributed by atoms with Crippen molar-refractivity contribution in [2.75, 3.05) is 6.61 Å². The molecule has 86 valence electrons. The van der Waals surface area contributed by atoms with Crippen LogP contribution in [0.25, 0.3) is 0 Å². The molecule has 1 aliphatic rings. The van der Waals surface area contributed by atoms with Gasteiger partial charge in [-0.25, -0.2) is 0 Å². The van der Waals surface area contributed by atoms with Gasteiger partial charge >= 0.3 is 0 Å². The first kappa shape index (κ1) is 11.8. The van der Waals surface area contributed by atoms with Gasteiger partial charge in [-0.2, -0.15) is 0 Å². The molecule has 0 spiro atoms. The second-order valence-electron chi connectivity index (χ2n) is 3.76. The number of ether oxygens (including phenoxy) is 1. The second-order valence-corrected chi connectivity index (χ2v) is 4.46. The highest BCUT2D eigenvalue weighted by Crippen LogP contribution is 2.33. The molecule has 0 radical (unpaired) electrons. The third-order valence-corrected chi connectivity index (χ3v) is 3.25. The van der Waals surface area contributed by atoms with Crippen LogP contribution in [0.15, 0.2) is 28.8 Å². The zero-order chi connectivity index (χ0) is 11.5. The maximum atomic E-state index is 9.64. The molecule has 0 bridgehead atoms. The van der Waals surface area contributed by atoms with E-state index < -0.39 is 0 Å². The third-order valence-electron chi connectivity index (χ3n) is 2.66. The zero-order valence-electron chi connectivity index (χ0n) is 8.62. The number of hydrogen-bond acceptors (Lipinski definition) is 2. The predicted molar refractivity (Wildman–Crippen MR) is 65.0 cm³/mol. The summed E-state index contributed by atoms with van der Waals surface area (Å²) >= 11 is 11.1. The number of hydrogen-bond donors (Lipinski definition) is 1. The van der Waals surface area contributed by atoms with Gasteiger partial charge in [-0.3, -0.25) is 0 Å². The first-order valence-electron chi connectivity index (χ1n) is 5.09. The highest BCUT2D eigenvalue weighted by atomic mass is 35.5. The largest absolute Gasteiger partial charge is 0.488 e. The Labute approximate surface area is 104 Å². The van der Waals surface area contributed by atoms with Gasteiger partial charge in [0.2, 0.25) is 0 Å². The zero-order valence-corrected chi connectivity index (χ0v) is 10.1. The summed E-state index contributed by atoms with van der Waals surface area (Å²) in [7, 11) is 0. The van der Waals surface area contributed by atoms with Crippen LogP contribution in [0.5, 0.6) is 5.75 Å². The molecule has 0 aliphatic heterocycles. The number of rotatable bonds is 3. The van der Waals surface area contributed by atoms with E-state index in [4.69, 9.17) is 27.9 Å². The molecule has 2 nitrogen and oxygen atoms in total. The van der Waals surface area contributed by atoms with Gasteiger partial charge < -0.3 is 9.84 Å². The molecule has 0 heterocycles. The van der Waals surface area contributed by atoms with Gasteiger partial charge in [0.05, 0.1) is 11.1 Å². The van der Waals surface area contributed by atoms with Gasteiger partial charge in [0.25, 0.3) is 0 Å². The summed E-state index contributed by atoms with van der Waals surface area (Å²) in [5.41, 5.74) is 3.45. The Balaban J connectivity index is 2.08. The lowest BCUT2D eigenvalue weighted by molar-refractivity contribution is 0.180. The Bertz CT molecular complexity index is 415. The predicted octanol–water partition coefficient (Wildman–Crippen LogP) is 3.36. The van der Waals surface area contributed by atoms with Crippen molar-refractivity contribution in [3.8, 4) is 5.75 Å². The molecule has 1 atom stereocenters. The van der Waals surface area contributed by atoms with Gasteiger partial charge in [0.15, 0.2) is 0 Å². The van der Waals surface area contributed by atoms with Crippen LogP contribution < -0.4 is 4.74 Å². The number of aliphatic hydroxyl groups is 1. The molecule has 0 fully saturated rings. The van der Waals surface area contributed by atoms with Crippen molar-refractivity contribution in [3.63, 3.8) is 0 Å². The van der Waals surface area contributed by atoms with Crippen molar-refractivity contribution in [2.45, 2.75) is 18.9 Å². The maximum Gasteiger partial charge on any atom is 0.125 e.